The minimum Gasteiger partial charge on any atom is -0.459 e. The van der Waals surface area contributed by atoms with Gasteiger partial charge in [-0.05, 0) is 42.7 Å². The summed E-state index contributed by atoms with van der Waals surface area (Å²) < 4.78 is 37.2. The average molecular weight is 321 g/mol. The first kappa shape index (κ1) is 15.7. The van der Waals surface area contributed by atoms with Crippen molar-refractivity contribution in [1.82, 2.24) is 4.90 Å². The molecule has 4 nitrogen and oxygen atoms in total. The maximum atomic E-state index is 13.2. The van der Waals surface area contributed by atoms with Crippen LogP contribution >= 0.6 is 0 Å². The number of rotatable bonds is 4. The molecule has 122 valence electrons. The van der Waals surface area contributed by atoms with Crippen LogP contribution in [0.3, 0.4) is 0 Å². The van der Waals surface area contributed by atoms with Crippen LogP contribution in [-0.4, -0.2) is 30.0 Å². The number of amides is 1. The number of likely N-dealkylation sites (tertiary alicyclic amines) is 1. The Morgan fingerprint density at radius 1 is 1.30 bits per heavy atom. The topological polar surface area (TPSA) is 42.7 Å². The van der Waals surface area contributed by atoms with Gasteiger partial charge in [-0.1, -0.05) is 0 Å². The molecule has 1 aliphatic heterocycles. The summed E-state index contributed by atoms with van der Waals surface area (Å²) in [6, 6.07) is 6.62. The number of piperidine rings is 1. The second kappa shape index (κ2) is 6.91. The smallest absolute Gasteiger partial charge is 0.289 e. The Labute approximate surface area is 132 Å². The van der Waals surface area contributed by atoms with Gasteiger partial charge in [0.05, 0.1) is 19.0 Å². The van der Waals surface area contributed by atoms with Crippen LogP contribution in [0.25, 0.3) is 0 Å². The highest BCUT2D eigenvalue weighted by Crippen LogP contribution is 2.18. The highest BCUT2D eigenvalue weighted by Gasteiger charge is 2.26. The Balaban J connectivity index is 1.57. The van der Waals surface area contributed by atoms with Crippen LogP contribution in [0.5, 0.6) is 0 Å². The van der Waals surface area contributed by atoms with Gasteiger partial charge < -0.3 is 14.1 Å². The van der Waals surface area contributed by atoms with E-state index in [1.54, 1.807) is 17.0 Å². The number of ether oxygens (including phenoxy) is 1. The van der Waals surface area contributed by atoms with Crippen molar-refractivity contribution in [3.8, 4) is 0 Å². The van der Waals surface area contributed by atoms with E-state index in [1.165, 1.54) is 18.4 Å². The molecule has 0 spiro atoms. The molecule has 1 saturated heterocycles. The fourth-order valence-electron chi connectivity index (χ4n) is 2.72. The number of carbonyl (C=O) groups is 1. The fourth-order valence-corrected chi connectivity index (χ4v) is 2.72. The van der Waals surface area contributed by atoms with Crippen LogP contribution < -0.4 is 0 Å². The maximum absolute atomic E-state index is 13.2. The number of furan rings is 1. The Morgan fingerprint density at radius 2 is 2.09 bits per heavy atom. The molecule has 0 saturated carbocycles. The predicted molar refractivity (Wildman–Crippen MR) is 78.8 cm³/mol. The van der Waals surface area contributed by atoms with Crippen molar-refractivity contribution in [2.75, 3.05) is 13.1 Å². The SMILES string of the molecule is O=C(c1ccco1)N1CCCC(OCc2cc(F)cc(F)c2)C1. The lowest BCUT2D eigenvalue weighted by atomic mass is 10.1. The molecule has 6 heteroatoms. The van der Waals surface area contributed by atoms with E-state index in [1.807, 2.05) is 0 Å². The Morgan fingerprint density at radius 3 is 2.78 bits per heavy atom. The first-order chi connectivity index (χ1) is 11.1. The van der Waals surface area contributed by atoms with Crippen molar-refractivity contribution in [1.29, 1.82) is 0 Å². The lowest BCUT2D eigenvalue weighted by Crippen LogP contribution is -2.43. The number of benzene rings is 1. The first-order valence-corrected chi connectivity index (χ1v) is 7.51. The van der Waals surface area contributed by atoms with Crippen molar-refractivity contribution in [3.63, 3.8) is 0 Å². The zero-order chi connectivity index (χ0) is 16.2. The summed E-state index contributed by atoms with van der Waals surface area (Å²) in [5, 5.41) is 0. The van der Waals surface area contributed by atoms with Crippen LogP contribution in [0.1, 0.15) is 29.0 Å². The molecule has 23 heavy (non-hydrogen) atoms. The zero-order valence-corrected chi connectivity index (χ0v) is 12.5. The number of halogens is 2. The van der Waals surface area contributed by atoms with Gasteiger partial charge >= 0.3 is 0 Å². The van der Waals surface area contributed by atoms with E-state index in [2.05, 4.69) is 0 Å². The van der Waals surface area contributed by atoms with E-state index in [9.17, 15) is 13.6 Å². The van der Waals surface area contributed by atoms with Crippen molar-refractivity contribution in [3.05, 3.63) is 59.6 Å². The average Bonchev–Trinajstić information content (AvgIpc) is 3.06. The molecule has 1 aromatic carbocycles. The highest BCUT2D eigenvalue weighted by molar-refractivity contribution is 5.91. The molecular formula is C17H17F2NO3. The number of carbonyl (C=O) groups excluding carboxylic acids is 1. The van der Waals surface area contributed by atoms with Gasteiger partial charge in [0, 0.05) is 19.2 Å². The summed E-state index contributed by atoms with van der Waals surface area (Å²) in [4.78, 5) is 13.9. The Bertz CT molecular complexity index is 652. The summed E-state index contributed by atoms with van der Waals surface area (Å²) >= 11 is 0. The molecule has 0 N–H and O–H groups in total. The van der Waals surface area contributed by atoms with Gasteiger partial charge in [0.25, 0.3) is 5.91 Å². The molecule has 3 rings (SSSR count). The van der Waals surface area contributed by atoms with Crippen molar-refractivity contribution >= 4 is 5.91 Å². The summed E-state index contributed by atoms with van der Waals surface area (Å²) in [5.41, 5.74) is 0.442. The molecule has 1 fully saturated rings. The number of hydrogen-bond donors (Lipinski definition) is 0. The summed E-state index contributed by atoms with van der Waals surface area (Å²) in [6.45, 7) is 1.20. The molecule has 1 atom stereocenters. The lowest BCUT2D eigenvalue weighted by Gasteiger charge is -2.32. The predicted octanol–water partition coefficient (Wildman–Crippen LogP) is 3.38. The summed E-state index contributed by atoms with van der Waals surface area (Å²) in [7, 11) is 0. The quantitative estimate of drug-likeness (QED) is 0.867. The van der Waals surface area contributed by atoms with Crippen molar-refractivity contribution in [2.24, 2.45) is 0 Å². The van der Waals surface area contributed by atoms with Gasteiger partial charge in [-0.25, -0.2) is 8.78 Å². The highest BCUT2D eigenvalue weighted by atomic mass is 19.1. The number of nitrogens with zero attached hydrogens (tertiary/aromatic N) is 1. The van der Waals surface area contributed by atoms with E-state index in [-0.39, 0.29) is 18.6 Å². The fraction of sp³-hybridized carbons (Fsp3) is 0.353. The van der Waals surface area contributed by atoms with Gasteiger partial charge in [0.2, 0.25) is 0 Å². The molecule has 1 unspecified atom stereocenters. The van der Waals surface area contributed by atoms with E-state index in [0.29, 0.717) is 24.4 Å². The molecule has 2 aromatic rings. The third-order valence-corrected chi connectivity index (χ3v) is 3.81. The monoisotopic (exact) mass is 321 g/mol. The molecule has 0 bridgehead atoms. The largest absolute Gasteiger partial charge is 0.459 e. The van der Waals surface area contributed by atoms with E-state index in [0.717, 1.165) is 18.9 Å². The van der Waals surface area contributed by atoms with Crippen LogP contribution in [0.15, 0.2) is 41.0 Å². The lowest BCUT2D eigenvalue weighted by molar-refractivity contribution is -0.00767. The molecular weight excluding hydrogens is 304 g/mol. The summed E-state index contributed by atoms with van der Waals surface area (Å²) in [5.74, 6) is -1.11. The molecule has 1 amide bonds. The summed E-state index contributed by atoms with van der Waals surface area (Å²) in [6.07, 6.45) is 2.92. The van der Waals surface area contributed by atoms with Gasteiger partial charge in [-0.15, -0.1) is 0 Å². The second-order valence-electron chi connectivity index (χ2n) is 5.58. The standard InChI is InChI=1S/C17H17F2NO3/c18-13-7-12(8-14(19)9-13)11-23-15-3-1-5-20(10-15)17(21)16-4-2-6-22-16/h2,4,6-9,15H,1,3,5,10-11H2. The van der Waals surface area contributed by atoms with Gasteiger partial charge in [0.1, 0.15) is 11.6 Å². The molecule has 0 radical (unpaired) electrons. The van der Waals surface area contributed by atoms with E-state index < -0.39 is 11.6 Å². The Kier molecular flexibility index (Phi) is 4.71. The minimum atomic E-state index is -0.623. The normalized spacial score (nSPS) is 18.2. The van der Waals surface area contributed by atoms with Crippen LogP contribution in [-0.2, 0) is 11.3 Å². The van der Waals surface area contributed by atoms with Crippen LogP contribution in [0, 0.1) is 11.6 Å². The number of hydrogen-bond acceptors (Lipinski definition) is 3. The van der Waals surface area contributed by atoms with Gasteiger partial charge in [-0.2, -0.15) is 0 Å². The third-order valence-electron chi connectivity index (χ3n) is 3.81. The van der Waals surface area contributed by atoms with Gasteiger partial charge in [0.15, 0.2) is 5.76 Å². The Hall–Kier alpha value is -2.21. The third kappa shape index (κ3) is 3.96. The molecule has 0 aliphatic carbocycles. The molecule has 2 heterocycles. The van der Waals surface area contributed by atoms with Crippen molar-refractivity contribution in [2.45, 2.75) is 25.6 Å². The zero-order valence-electron chi connectivity index (χ0n) is 12.5. The molecule has 1 aromatic heterocycles. The first-order valence-electron chi connectivity index (χ1n) is 7.51. The van der Waals surface area contributed by atoms with E-state index >= 15 is 0 Å². The minimum absolute atomic E-state index is 0.113. The van der Waals surface area contributed by atoms with Crippen LogP contribution in [0.4, 0.5) is 8.78 Å². The van der Waals surface area contributed by atoms with Crippen LogP contribution in [0.2, 0.25) is 0 Å². The second-order valence-corrected chi connectivity index (χ2v) is 5.58. The molecule has 1 aliphatic rings. The van der Waals surface area contributed by atoms with Gasteiger partial charge in [-0.3, -0.25) is 4.79 Å². The van der Waals surface area contributed by atoms with E-state index in [4.69, 9.17) is 9.15 Å². The van der Waals surface area contributed by atoms with Crippen molar-refractivity contribution < 1.29 is 22.7 Å². The maximum Gasteiger partial charge on any atom is 0.289 e.